The lowest BCUT2D eigenvalue weighted by molar-refractivity contribution is -0.118. The molecular formula is C15H18N2OS2. The minimum atomic E-state index is 0.0775. The van der Waals surface area contributed by atoms with Crippen molar-refractivity contribution in [2.24, 2.45) is 0 Å². The Morgan fingerprint density at radius 2 is 2.25 bits per heavy atom. The van der Waals surface area contributed by atoms with Crippen molar-refractivity contribution in [3.8, 4) is 0 Å². The summed E-state index contributed by atoms with van der Waals surface area (Å²) in [4.78, 5) is 17.0. The topological polar surface area (TPSA) is 42.0 Å². The highest BCUT2D eigenvalue weighted by molar-refractivity contribution is 7.99. The van der Waals surface area contributed by atoms with E-state index in [0.717, 1.165) is 15.6 Å². The van der Waals surface area contributed by atoms with Gasteiger partial charge in [-0.3, -0.25) is 4.79 Å². The number of rotatable bonds is 6. The van der Waals surface area contributed by atoms with E-state index in [1.54, 1.807) is 23.1 Å². The van der Waals surface area contributed by atoms with Gasteiger partial charge in [0.05, 0.1) is 17.3 Å². The molecule has 0 aliphatic rings. The second-order valence-electron chi connectivity index (χ2n) is 4.60. The summed E-state index contributed by atoms with van der Waals surface area (Å²) in [5.74, 6) is 1.44. The van der Waals surface area contributed by atoms with Crippen LogP contribution < -0.4 is 5.32 Å². The number of carbonyl (C=O) groups is 1. The lowest BCUT2D eigenvalue weighted by Crippen LogP contribution is -2.24. The molecule has 0 fully saturated rings. The van der Waals surface area contributed by atoms with Crippen LogP contribution in [0.2, 0.25) is 0 Å². The fraction of sp³-hybridized carbons (Fsp3) is 0.333. The van der Waals surface area contributed by atoms with Gasteiger partial charge in [-0.05, 0) is 19.4 Å². The zero-order chi connectivity index (χ0) is 14.4. The molecule has 3 nitrogen and oxygen atoms in total. The number of aromatic nitrogens is 1. The Morgan fingerprint density at radius 3 is 2.95 bits per heavy atom. The Bertz CT molecular complexity index is 581. The number of thioether (sulfide) groups is 1. The quantitative estimate of drug-likeness (QED) is 0.890. The van der Waals surface area contributed by atoms with Crippen LogP contribution in [0.4, 0.5) is 0 Å². The number of hydrogen-bond donors (Lipinski definition) is 1. The third-order valence-corrected chi connectivity index (χ3v) is 4.63. The van der Waals surface area contributed by atoms with Crippen LogP contribution in [0.15, 0.2) is 30.5 Å². The summed E-state index contributed by atoms with van der Waals surface area (Å²) in [5.41, 5.74) is 2.52. The van der Waals surface area contributed by atoms with Crippen LogP contribution in [0.25, 0.3) is 0 Å². The lowest BCUT2D eigenvalue weighted by atomic mass is 10.2. The predicted octanol–water partition coefficient (Wildman–Crippen LogP) is 3.31. The van der Waals surface area contributed by atoms with Crippen LogP contribution in [-0.4, -0.2) is 16.6 Å². The molecule has 0 saturated heterocycles. The highest BCUT2D eigenvalue weighted by Gasteiger charge is 2.04. The third-order valence-electron chi connectivity index (χ3n) is 2.71. The van der Waals surface area contributed by atoms with Crippen molar-refractivity contribution in [1.29, 1.82) is 0 Å². The molecule has 0 spiro atoms. The fourth-order valence-electron chi connectivity index (χ4n) is 1.79. The minimum absolute atomic E-state index is 0.0775. The molecule has 0 saturated carbocycles. The SMILES string of the molecule is Cc1cccc(CSCC(=O)NCc2cnc(C)s2)c1. The van der Waals surface area contributed by atoms with E-state index in [1.165, 1.54) is 11.1 Å². The molecule has 1 heterocycles. The molecule has 1 N–H and O–H groups in total. The molecular weight excluding hydrogens is 288 g/mol. The third kappa shape index (κ3) is 4.98. The van der Waals surface area contributed by atoms with Crippen LogP contribution in [0.1, 0.15) is 21.0 Å². The van der Waals surface area contributed by atoms with E-state index in [0.29, 0.717) is 12.3 Å². The van der Waals surface area contributed by atoms with E-state index < -0.39 is 0 Å². The van der Waals surface area contributed by atoms with Gasteiger partial charge in [-0.25, -0.2) is 4.98 Å². The van der Waals surface area contributed by atoms with E-state index in [-0.39, 0.29) is 5.91 Å². The largest absolute Gasteiger partial charge is 0.350 e. The summed E-state index contributed by atoms with van der Waals surface area (Å²) in [6.45, 7) is 4.63. The molecule has 106 valence electrons. The van der Waals surface area contributed by atoms with E-state index in [9.17, 15) is 4.79 Å². The Labute approximate surface area is 127 Å². The second kappa shape index (κ2) is 7.45. The minimum Gasteiger partial charge on any atom is -0.350 e. The van der Waals surface area contributed by atoms with E-state index in [1.807, 2.05) is 13.1 Å². The molecule has 1 aromatic heterocycles. The maximum atomic E-state index is 11.7. The highest BCUT2D eigenvalue weighted by atomic mass is 32.2. The summed E-state index contributed by atoms with van der Waals surface area (Å²) >= 11 is 3.26. The molecule has 0 bridgehead atoms. The number of carbonyl (C=O) groups excluding carboxylic acids is 1. The fourth-order valence-corrected chi connectivity index (χ4v) is 3.33. The molecule has 20 heavy (non-hydrogen) atoms. The lowest BCUT2D eigenvalue weighted by Gasteiger charge is -2.04. The molecule has 0 atom stereocenters. The Hall–Kier alpha value is -1.33. The van der Waals surface area contributed by atoms with Crippen LogP contribution in [0.3, 0.4) is 0 Å². The van der Waals surface area contributed by atoms with Gasteiger partial charge in [0.15, 0.2) is 0 Å². The van der Waals surface area contributed by atoms with Gasteiger partial charge < -0.3 is 5.32 Å². The zero-order valence-electron chi connectivity index (χ0n) is 11.7. The van der Waals surface area contributed by atoms with Gasteiger partial charge in [-0.1, -0.05) is 29.8 Å². The average molecular weight is 306 g/mol. The number of thiazole rings is 1. The van der Waals surface area contributed by atoms with E-state index in [4.69, 9.17) is 0 Å². The smallest absolute Gasteiger partial charge is 0.230 e. The predicted molar refractivity (Wildman–Crippen MR) is 86.0 cm³/mol. The van der Waals surface area contributed by atoms with Crippen molar-refractivity contribution >= 4 is 29.0 Å². The van der Waals surface area contributed by atoms with Crippen molar-refractivity contribution in [1.82, 2.24) is 10.3 Å². The van der Waals surface area contributed by atoms with Crippen molar-refractivity contribution in [2.45, 2.75) is 26.1 Å². The zero-order valence-corrected chi connectivity index (χ0v) is 13.3. The van der Waals surface area contributed by atoms with Gasteiger partial charge in [-0.15, -0.1) is 23.1 Å². The summed E-state index contributed by atoms with van der Waals surface area (Å²) in [5, 5.41) is 3.95. The molecule has 0 unspecified atom stereocenters. The standard InChI is InChI=1S/C15H18N2OS2/c1-11-4-3-5-13(6-11)9-19-10-15(18)17-8-14-7-16-12(2)20-14/h3-7H,8-10H2,1-2H3,(H,17,18). The molecule has 2 rings (SSSR count). The van der Waals surface area contributed by atoms with Gasteiger partial charge in [0.2, 0.25) is 5.91 Å². The Kier molecular flexibility index (Phi) is 5.61. The summed E-state index contributed by atoms with van der Waals surface area (Å²) in [6, 6.07) is 8.39. The van der Waals surface area contributed by atoms with E-state index in [2.05, 4.69) is 41.5 Å². The number of hydrogen-bond acceptors (Lipinski definition) is 4. The van der Waals surface area contributed by atoms with Crippen molar-refractivity contribution in [2.75, 3.05) is 5.75 Å². The second-order valence-corrected chi connectivity index (χ2v) is 6.91. The first kappa shape index (κ1) is 15.1. The van der Waals surface area contributed by atoms with Crippen LogP contribution in [0, 0.1) is 13.8 Å². The van der Waals surface area contributed by atoms with Crippen LogP contribution >= 0.6 is 23.1 Å². The Morgan fingerprint density at radius 1 is 1.40 bits per heavy atom. The summed E-state index contributed by atoms with van der Waals surface area (Å²) in [7, 11) is 0. The van der Waals surface area contributed by atoms with Crippen LogP contribution in [0.5, 0.6) is 0 Å². The normalized spacial score (nSPS) is 10.5. The number of nitrogens with zero attached hydrogens (tertiary/aromatic N) is 1. The van der Waals surface area contributed by atoms with Crippen LogP contribution in [-0.2, 0) is 17.1 Å². The summed E-state index contributed by atoms with van der Waals surface area (Å²) < 4.78 is 0. The maximum Gasteiger partial charge on any atom is 0.230 e. The first-order valence-electron chi connectivity index (χ1n) is 6.45. The number of benzene rings is 1. The molecule has 5 heteroatoms. The summed E-state index contributed by atoms with van der Waals surface area (Å²) in [6.07, 6.45) is 1.82. The highest BCUT2D eigenvalue weighted by Crippen LogP contribution is 2.14. The average Bonchev–Trinajstić information content (AvgIpc) is 2.82. The number of amides is 1. The van der Waals surface area contributed by atoms with Crippen molar-refractivity contribution in [3.05, 3.63) is 51.5 Å². The molecule has 0 aliphatic carbocycles. The van der Waals surface area contributed by atoms with Gasteiger partial charge >= 0.3 is 0 Å². The Balaban J connectivity index is 1.67. The number of nitrogens with one attached hydrogen (secondary N) is 1. The van der Waals surface area contributed by atoms with E-state index >= 15 is 0 Å². The molecule has 1 amide bonds. The van der Waals surface area contributed by atoms with Gasteiger partial charge in [0.25, 0.3) is 0 Å². The van der Waals surface area contributed by atoms with Gasteiger partial charge in [-0.2, -0.15) is 0 Å². The first-order chi connectivity index (χ1) is 9.63. The molecule has 2 aromatic rings. The monoisotopic (exact) mass is 306 g/mol. The maximum absolute atomic E-state index is 11.7. The molecule has 0 radical (unpaired) electrons. The van der Waals surface area contributed by atoms with Crippen molar-refractivity contribution in [3.63, 3.8) is 0 Å². The molecule has 1 aromatic carbocycles. The van der Waals surface area contributed by atoms with Crippen molar-refractivity contribution < 1.29 is 4.79 Å². The number of aryl methyl sites for hydroxylation is 2. The first-order valence-corrected chi connectivity index (χ1v) is 8.42. The van der Waals surface area contributed by atoms with Gasteiger partial charge in [0.1, 0.15) is 0 Å². The van der Waals surface area contributed by atoms with Gasteiger partial charge in [0, 0.05) is 16.8 Å². The molecule has 0 aliphatic heterocycles.